The molecule has 3 aromatic carbocycles. The average molecular weight is 470 g/mol. The Morgan fingerprint density at radius 3 is 2.37 bits per heavy atom. The van der Waals surface area contributed by atoms with Gasteiger partial charge in [0.1, 0.15) is 0 Å². The van der Waals surface area contributed by atoms with Crippen LogP contribution in [0.25, 0.3) is 10.9 Å². The second-order valence-electron chi connectivity index (χ2n) is 9.68. The van der Waals surface area contributed by atoms with E-state index in [0.29, 0.717) is 12.5 Å². The second kappa shape index (κ2) is 11.7. The molecule has 4 atom stereocenters. The smallest absolute Gasteiger partial charge is 0.0873 e. The van der Waals surface area contributed by atoms with Crippen LogP contribution in [0.5, 0.6) is 0 Å². The van der Waals surface area contributed by atoms with Gasteiger partial charge in [-0.15, -0.1) is 0 Å². The van der Waals surface area contributed by atoms with Gasteiger partial charge in [0.05, 0.1) is 31.5 Å². The van der Waals surface area contributed by atoms with Crippen molar-refractivity contribution in [3.63, 3.8) is 0 Å². The van der Waals surface area contributed by atoms with E-state index >= 15 is 0 Å². The minimum Gasteiger partial charge on any atom is -0.394 e. The summed E-state index contributed by atoms with van der Waals surface area (Å²) in [5.41, 5.74) is 5.01. The highest BCUT2D eigenvalue weighted by atomic mass is 16.6. The summed E-state index contributed by atoms with van der Waals surface area (Å²) in [4.78, 5) is 3.39. The maximum atomic E-state index is 10.0. The molecule has 2 N–H and O–H groups in total. The summed E-state index contributed by atoms with van der Waals surface area (Å²) < 4.78 is 13.0. The molecule has 0 aliphatic carbocycles. The van der Waals surface area contributed by atoms with Crippen LogP contribution in [-0.4, -0.2) is 35.0 Å². The average Bonchev–Trinajstić information content (AvgIpc) is 3.32. The van der Waals surface area contributed by atoms with Gasteiger partial charge in [-0.25, -0.2) is 0 Å². The van der Waals surface area contributed by atoms with E-state index in [1.165, 1.54) is 27.6 Å². The number of rotatable bonds is 10. The zero-order valence-electron chi connectivity index (χ0n) is 20.2. The van der Waals surface area contributed by atoms with E-state index in [9.17, 15) is 5.11 Å². The molecule has 1 unspecified atom stereocenters. The lowest BCUT2D eigenvalue weighted by atomic mass is 9.82. The lowest BCUT2D eigenvalue weighted by molar-refractivity contribution is -0.180. The second-order valence-corrected chi connectivity index (χ2v) is 9.68. The predicted octanol–water partition coefficient (Wildman–Crippen LogP) is 6.08. The summed E-state index contributed by atoms with van der Waals surface area (Å²) in [5.74, 6) is 0.296. The maximum Gasteiger partial charge on any atom is 0.0873 e. The molecule has 1 saturated heterocycles. The first-order valence-corrected chi connectivity index (χ1v) is 12.8. The molecule has 1 fully saturated rings. The standard InChI is InChI=1S/C31H35NO3/c33-21-27-19-26(18-23-10-3-1-4-11-23)31(34-22-24-12-5-2-6-13-24)30(35-27)17-9-14-25-20-32-29-16-8-7-15-28(25)29/h1-8,10-13,15-16,20,26-27,30-33H,9,14,17-19,21-22H2/t26-,27-,30-,31?/m0/s1. The van der Waals surface area contributed by atoms with Crippen molar-refractivity contribution in [2.75, 3.05) is 6.61 Å². The first kappa shape index (κ1) is 23.8. The lowest BCUT2D eigenvalue weighted by Crippen LogP contribution is -2.48. The number of fused-ring (bicyclic) bond motifs is 1. The molecule has 5 rings (SSSR count). The monoisotopic (exact) mass is 469 g/mol. The van der Waals surface area contributed by atoms with Crippen LogP contribution in [0, 0.1) is 5.92 Å². The van der Waals surface area contributed by atoms with Gasteiger partial charge >= 0.3 is 0 Å². The first-order valence-electron chi connectivity index (χ1n) is 12.8. The SMILES string of the molecule is OC[C@@H]1C[C@H](Cc2ccccc2)C(OCc2ccccc2)[C@H](CCCc2c[nH]c3ccccc23)O1. The zero-order chi connectivity index (χ0) is 23.9. The number of benzene rings is 3. The number of aromatic nitrogens is 1. The topological polar surface area (TPSA) is 54.5 Å². The number of para-hydroxylation sites is 1. The fraction of sp³-hybridized carbons (Fsp3) is 0.355. The summed E-state index contributed by atoms with van der Waals surface area (Å²) in [6, 6.07) is 29.4. The number of aliphatic hydroxyl groups is 1. The molecule has 1 aliphatic heterocycles. The number of ether oxygens (including phenoxy) is 2. The van der Waals surface area contributed by atoms with Gasteiger partial charge in [0, 0.05) is 17.1 Å². The molecule has 0 amide bonds. The molecule has 4 nitrogen and oxygen atoms in total. The van der Waals surface area contributed by atoms with E-state index in [0.717, 1.165) is 32.1 Å². The number of hydrogen-bond acceptors (Lipinski definition) is 3. The van der Waals surface area contributed by atoms with Crippen molar-refractivity contribution in [1.29, 1.82) is 0 Å². The van der Waals surface area contributed by atoms with Crippen LogP contribution in [0.3, 0.4) is 0 Å². The Bertz CT molecular complexity index is 1170. The third kappa shape index (κ3) is 6.02. The summed E-state index contributed by atoms with van der Waals surface area (Å²) in [7, 11) is 0. The number of nitrogens with one attached hydrogen (secondary N) is 1. The van der Waals surface area contributed by atoms with E-state index < -0.39 is 0 Å². The van der Waals surface area contributed by atoms with Gasteiger partial charge in [-0.3, -0.25) is 0 Å². The number of aryl methyl sites for hydroxylation is 1. The van der Waals surface area contributed by atoms with Crippen molar-refractivity contribution >= 4 is 10.9 Å². The van der Waals surface area contributed by atoms with Crippen molar-refractivity contribution in [1.82, 2.24) is 4.98 Å². The molecule has 182 valence electrons. The largest absolute Gasteiger partial charge is 0.394 e. The van der Waals surface area contributed by atoms with Crippen LogP contribution in [0.15, 0.2) is 91.1 Å². The molecule has 35 heavy (non-hydrogen) atoms. The molecule has 0 spiro atoms. The van der Waals surface area contributed by atoms with Gasteiger partial charge in [-0.2, -0.15) is 0 Å². The highest BCUT2D eigenvalue weighted by Crippen LogP contribution is 2.34. The Labute approximate surface area is 207 Å². The normalized spacial score (nSPS) is 22.4. The van der Waals surface area contributed by atoms with Crippen LogP contribution in [0.4, 0.5) is 0 Å². The molecule has 2 heterocycles. The van der Waals surface area contributed by atoms with Crippen molar-refractivity contribution < 1.29 is 14.6 Å². The van der Waals surface area contributed by atoms with Crippen LogP contribution in [0.1, 0.15) is 36.0 Å². The minimum atomic E-state index is -0.140. The van der Waals surface area contributed by atoms with E-state index in [1.807, 2.05) is 6.07 Å². The number of H-pyrrole nitrogens is 1. The van der Waals surface area contributed by atoms with Gasteiger partial charge < -0.3 is 19.6 Å². The summed E-state index contributed by atoms with van der Waals surface area (Å²) in [5, 5.41) is 11.3. The highest BCUT2D eigenvalue weighted by Gasteiger charge is 2.39. The molecular formula is C31H35NO3. The number of hydrogen-bond donors (Lipinski definition) is 2. The van der Waals surface area contributed by atoms with E-state index in [4.69, 9.17) is 9.47 Å². The maximum absolute atomic E-state index is 10.0. The van der Waals surface area contributed by atoms with E-state index in [-0.39, 0.29) is 24.9 Å². The molecule has 1 aliphatic rings. The third-order valence-corrected chi connectivity index (χ3v) is 7.20. The zero-order valence-corrected chi connectivity index (χ0v) is 20.2. The third-order valence-electron chi connectivity index (χ3n) is 7.20. The fourth-order valence-corrected chi connectivity index (χ4v) is 5.46. The minimum absolute atomic E-state index is 0.0128. The van der Waals surface area contributed by atoms with Crippen LogP contribution in [0.2, 0.25) is 0 Å². The first-order chi connectivity index (χ1) is 17.3. The molecular weight excluding hydrogens is 434 g/mol. The Kier molecular flexibility index (Phi) is 7.94. The van der Waals surface area contributed by atoms with E-state index in [1.54, 1.807) is 0 Å². The van der Waals surface area contributed by atoms with Crippen molar-refractivity contribution in [3.05, 3.63) is 108 Å². The Morgan fingerprint density at radius 1 is 0.886 bits per heavy atom. The number of aromatic amines is 1. The van der Waals surface area contributed by atoms with Crippen LogP contribution in [-0.2, 0) is 28.9 Å². The van der Waals surface area contributed by atoms with Crippen LogP contribution >= 0.6 is 0 Å². The van der Waals surface area contributed by atoms with Crippen LogP contribution < -0.4 is 0 Å². The molecule has 4 heteroatoms. The lowest BCUT2D eigenvalue weighted by Gasteiger charge is -2.42. The summed E-state index contributed by atoms with van der Waals surface area (Å²) in [6.07, 6.45) is 6.58. The highest BCUT2D eigenvalue weighted by molar-refractivity contribution is 5.82. The molecule has 4 aromatic rings. The Balaban J connectivity index is 1.31. The predicted molar refractivity (Wildman–Crippen MR) is 140 cm³/mol. The van der Waals surface area contributed by atoms with Crippen molar-refractivity contribution in [2.24, 2.45) is 5.92 Å². The van der Waals surface area contributed by atoms with Gasteiger partial charge in [0.15, 0.2) is 0 Å². The molecule has 0 radical (unpaired) electrons. The van der Waals surface area contributed by atoms with Gasteiger partial charge in [0.25, 0.3) is 0 Å². The van der Waals surface area contributed by atoms with Gasteiger partial charge in [-0.1, -0.05) is 78.9 Å². The van der Waals surface area contributed by atoms with Crippen molar-refractivity contribution in [2.45, 2.75) is 57.0 Å². The molecule has 0 saturated carbocycles. The van der Waals surface area contributed by atoms with Crippen molar-refractivity contribution in [3.8, 4) is 0 Å². The molecule has 1 aromatic heterocycles. The quantitative estimate of drug-likeness (QED) is 0.296. The number of aliphatic hydroxyl groups excluding tert-OH is 1. The van der Waals surface area contributed by atoms with E-state index in [2.05, 4.69) is 90.0 Å². The Morgan fingerprint density at radius 2 is 1.60 bits per heavy atom. The van der Waals surface area contributed by atoms with Gasteiger partial charge in [0.2, 0.25) is 0 Å². The summed E-state index contributed by atoms with van der Waals surface area (Å²) in [6.45, 7) is 0.624. The summed E-state index contributed by atoms with van der Waals surface area (Å²) >= 11 is 0. The fourth-order valence-electron chi connectivity index (χ4n) is 5.46. The molecule has 0 bridgehead atoms. The Hall–Kier alpha value is -2.92. The van der Waals surface area contributed by atoms with Gasteiger partial charge in [-0.05, 0) is 60.8 Å².